The second-order valence-corrected chi connectivity index (χ2v) is 20.3. The van der Waals surface area contributed by atoms with Gasteiger partial charge in [0.25, 0.3) is 0 Å². The molecule has 8 atom stereocenters. The SMILES string of the molecule is CC[C@H]1OC(c2ccc3c(N(C(=O)OC(C)(C)C)C4CCCC4)nc(Cl)nn23)[C@@H]2OC(C)(C)O[C@H]12.CC[C@H]1OC(c2ccc3c(NC4CCCC4)nc(Cl)nn23)[C@@H]2OC(C)(C)O[C@H]12. The maximum atomic E-state index is 13.4. The predicted octanol–water partition coefficient (Wildman–Crippen LogP) is 9.54. The van der Waals surface area contributed by atoms with Gasteiger partial charge in [-0.25, -0.2) is 13.8 Å². The highest BCUT2D eigenvalue weighted by Crippen LogP contribution is 2.48. The minimum atomic E-state index is -0.689. The minimum Gasteiger partial charge on any atom is -0.443 e. The summed E-state index contributed by atoms with van der Waals surface area (Å²) < 4.78 is 46.8. The van der Waals surface area contributed by atoms with E-state index in [1.165, 1.54) is 12.8 Å². The second kappa shape index (κ2) is 17.1. The van der Waals surface area contributed by atoms with Crippen LogP contribution in [0.15, 0.2) is 24.3 Å². The van der Waals surface area contributed by atoms with E-state index in [1.807, 2.05) is 77.2 Å². The highest BCUT2D eigenvalue weighted by Gasteiger charge is 2.57. The molecule has 1 amide bonds. The van der Waals surface area contributed by atoms with Crippen molar-refractivity contribution in [1.82, 2.24) is 29.2 Å². The number of carbonyl (C=O) groups is 1. The first-order chi connectivity index (χ1) is 29.9. The quantitative estimate of drug-likeness (QED) is 0.178. The lowest BCUT2D eigenvalue weighted by Crippen LogP contribution is -2.43. The molecule has 344 valence electrons. The fourth-order valence-corrected chi connectivity index (χ4v) is 10.6. The summed E-state index contributed by atoms with van der Waals surface area (Å²) in [5.74, 6) is -0.0720. The number of anilines is 2. The van der Waals surface area contributed by atoms with E-state index >= 15 is 0 Å². The lowest BCUT2D eigenvalue weighted by Gasteiger charge is -2.31. The summed E-state index contributed by atoms with van der Waals surface area (Å²) in [6.45, 7) is 17.5. The summed E-state index contributed by atoms with van der Waals surface area (Å²) in [6, 6.07) is 8.35. The van der Waals surface area contributed by atoms with Gasteiger partial charge in [-0.1, -0.05) is 39.5 Å². The van der Waals surface area contributed by atoms with Crippen LogP contribution in [0, 0.1) is 0 Å². The van der Waals surface area contributed by atoms with Gasteiger partial charge in [-0.2, -0.15) is 9.97 Å². The fraction of sp³-hybridized carbons (Fsp3) is 0.711. The van der Waals surface area contributed by atoms with Crippen molar-refractivity contribution < 1.29 is 38.0 Å². The Balaban J connectivity index is 0.000000164. The zero-order valence-electron chi connectivity index (χ0n) is 37.8. The van der Waals surface area contributed by atoms with Crippen molar-refractivity contribution in [3.05, 3.63) is 46.2 Å². The van der Waals surface area contributed by atoms with Crippen LogP contribution in [0.25, 0.3) is 11.0 Å². The van der Waals surface area contributed by atoms with E-state index in [0.29, 0.717) is 17.4 Å². The largest absolute Gasteiger partial charge is 0.443 e. The molecule has 2 unspecified atom stereocenters. The maximum absolute atomic E-state index is 13.4. The molecule has 6 aliphatic rings. The van der Waals surface area contributed by atoms with E-state index < -0.39 is 29.4 Å². The van der Waals surface area contributed by atoms with Crippen LogP contribution in [0.2, 0.25) is 10.6 Å². The summed E-state index contributed by atoms with van der Waals surface area (Å²) in [4.78, 5) is 24.0. The number of hydrogen-bond acceptors (Lipinski definition) is 13. The molecule has 63 heavy (non-hydrogen) atoms. The van der Waals surface area contributed by atoms with Gasteiger partial charge in [0.15, 0.2) is 23.2 Å². The molecular formula is C45H62Cl2N8O8. The lowest BCUT2D eigenvalue weighted by atomic mass is 10.0. The normalized spacial score (nSPS) is 30.2. The van der Waals surface area contributed by atoms with Crippen LogP contribution in [-0.2, 0) is 33.2 Å². The molecular weight excluding hydrogens is 851 g/mol. The summed E-state index contributed by atoms with van der Waals surface area (Å²) in [6.07, 6.45) is 8.50. The monoisotopic (exact) mass is 912 g/mol. The summed E-state index contributed by atoms with van der Waals surface area (Å²) in [5, 5.41) is 12.8. The van der Waals surface area contributed by atoms with Crippen molar-refractivity contribution in [1.29, 1.82) is 0 Å². The molecule has 0 spiro atoms. The molecule has 2 saturated carbocycles. The van der Waals surface area contributed by atoms with Crippen molar-refractivity contribution in [2.45, 2.75) is 205 Å². The number of fused-ring (bicyclic) bond motifs is 4. The minimum absolute atomic E-state index is 0.00396. The van der Waals surface area contributed by atoms with Crippen LogP contribution in [0.4, 0.5) is 16.4 Å². The van der Waals surface area contributed by atoms with Crippen LogP contribution in [-0.4, -0.2) is 101 Å². The number of nitrogens with zero attached hydrogens (tertiary/aromatic N) is 7. The molecule has 1 N–H and O–H groups in total. The van der Waals surface area contributed by atoms with Crippen LogP contribution >= 0.6 is 23.2 Å². The van der Waals surface area contributed by atoms with Crippen molar-refractivity contribution in [2.24, 2.45) is 0 Å². The topological polar surface area (TPSA) is 157 Å². The van der Waals surface area contributed by atoms with Gasteiger partial charge >= 0.3 is 6.09 Å². The first kappa shape index (κ1) is 44.8. The molecule has 4 aromatic heterocycles. The average molecular weight is 914 g/mol. The number of rotatable bonds is 8. The summed E-state index contributed by atoms with van der Waals surface area (Å²) in [7, 11) is 0. The third-order valence-electron chi connectivity index (χ3n) is 12.9. The third kappa shape index (κ3) is 8.87. The van der Waals surface area contributed by atoms with Crippen LogP contribution in [0.5, 0.6) is 0 Å². The zero-order chi connectivity index (χ0) is 44.6. The Hall–Kier alpha value is -3.35. The number of halogens is 2. The number of carbonyl (C=O) groups excluding carboxylic acids is 1. The Morgan fingerprint density at radius 2 is 1.22 bits per heavy atom. The van der Waals surface area contributed by atoms with Gasteiger partial charge in [0.05, 0.1) is 23.6 Å². The molecule has 6 fully saturated rings. The Morgan fingerprint density at radius 1 is 0.746 bits per heavy atom. The van der Waals surface area contributed by atoms with Gasteiger partial charge in [-0.05, 0) is 134 Å². The molecule has 4 aromatic rings. The van der Waals surface area contributed by atoms with Gasteiger partial charge in [-0.3, -0.25) is 4.90 Å². The van der Waals surface area contributed by atoms with Gasteiger partial charge in [-0.15, -0.1) is 10.2 Å². The van der Waals surface area contributed by atoms with Gasteiger partial charge in [0.1, 0.15) is 53.3 Å². The van der Waals surface area contributed by atoms with E-state index in [-0.39, 0.29) is 59.3 Å². The van der Waals surface area contributed by atoms with Gasteiger partial charge in [0, 0.05) is 12.1 Å². The van der Waals surface area contributed by atoms with E-state index in [0.717, 1.165) is 74.1 Å². The van der Waals surface area contributed by atoms with E-state index in [2.05, 4.69) is 39.3 Å². The van der Waals surface area contributed by atoms with E-state index in [9.17, 15) is 4.79 Å². The van der Waals surface area contributed by atoms with Crippen molar-refractivity contribution in [3.63, 3.8) is 0 Å². The number of amides is 1. The van der Waals surface area contributed by atoms with Crippen molar-refractivity contribution in [3.8, 4) is 0 Å². The number of nitrogens with one attached hydrogen (secondary N) is 1. The first-order valence-corrected chi connectivity index (χ1v) is 23.6. The van der Waals surface area contributed by atoms with E-state index in [1.54, 1.807) is 9.42 Å². The number of hydrogen-bond donors (Lipinski definition) is 1. The average Bonchev–Trinajstić information content (AvgIpc) is 4.05. The molecule has 0 radical (unpaired) electrons. The van der Waals surface area contributed by atoms with Crippen LogP contribution in [0.3, 0.4) is 0 Å². The highest BCUT2D eigenvalue weighted by atomic mass is 35.5. The molecule has 0 bridgehead atoms. The van der Waals surface area contributed by atoms with Gasteiger partial charge < -0.3 is 38.5 Å². The second-order valence-electron chi connectivity index (χ2n) is 19.6. The third-order valence-corrected chi connectivity index (χ3v) is 13.2. The van der Waals surface area contributed by atoms with Gasteiger partial charge in [0.2, 0.25) is 10.6 Å². The highest BCUT2D eigenvalue weighted by molar-refractivity contribution is 6.28. The fourth-order valence-electron chi connectivity index (χ4n) is 10.3. The molecule has 16 nitrogen and oxygen atoms in total. The molecule has 2 aliphatic carbocycles. The molecule has 18 heteroatoms. The molecule has 4 saturated heterocycles. The van der Waals surface area contributed by atoms with Crippen molar-refractivity contribution >= 4 is 52.0 Å². The standard InChI is InChI=1S/C25H35ClN4O5.C20H27ClN4O3/c1-7-17-19-20(34-25(5,6)33-19)18(32-17)15-12-13-16-21(27-22(26)28-30(15)16)29(14-10-8-9-11-14)23(31)35-24(2,3)4;1-4-14-16-17(28-20(2,3)27-16)15(26-14)12-9-10-13-18(22-11-7-5-6-8-11)23-19(21)24-25(12)13/h12-14,17-20H,7-11H2,1-6H3;9-11,14-17H,4-8H2,1-3H3,(H,22,23,24)/t17-,18?,19-,20+;14-,15?,16-,17+/m11/s1. The number of aromatic nitrogens is 6. The van der Waals surface area contributed by atoms with Crippen LogP contribution < -0.4 is 10.2 Å². The number of ether oxygens (including phenoxy) is 7. The predicted molar refractivity (Wildman–Crippen MR) is 236 cm³/mol. The van der Waals surface area contributed by atoms with Crippen molar-refractivity contribution in [2.75, 3.05) is 10.2 Å². The zero-order valence-corrected chi connectivity index (χ0v) is 39.3. The molecule has 8 heterocycles. The molecule has 10 rings (SSSR count). The Bertz CT molecular complexity index is 2300. The smallest absolute Gasteiger partial charge is 0.416 e. The Labute approximate surface area is 378 Å². The first-order valence-electron chi connectivity index (χ1n) is 22.8. The summed E-state index contributed by atoms with van der Waals surface area (Å²) >= 11 is 12.7. The Morgan fingerprint density at radius 3 is 1.75 bits per heavy atom. The lowest BCUT2D eigenvalue weighted by molar-refractivity contribution is -0.188. The maximum Gasteiger partial charge on any atom is 0.416 e. The summed E-state index contributed by atoms with van der Waals surface area (Å²) in [5.41, 5.74) is 2.64. The Kier molecular flexibility index (Phi) is 12.2. The van der Waals surface area contributed by atoms with Crippen LogP contribution in [0.1, 0.15) is 150 Å². The van der Waals surface area contributed by atoms with E-state index in [4.69, 9.17) is 56.4 Å². The molecule has 4 aliphatic heterocycles. The molecule has 0 aromatic carbocycles.